The maximum absolute atomic E-state index is 13.3. The number of carbonyl (C=O) groups is 1. The average molecular weight is 515 g/mol. The number of nitrogens with one attached hydrogen (secondary N) is 2. The molecule has 1 amide bonds. The summed E-state index contributed by atoms with van der Waals surface area (Å²) in [5, 5.41) is 7.65. The van der Waals surface area contributed by atoms with Gasteiger partial charge in [0.1, 0.15) is 17.4 Å². The minimum Gasteiger partial charge on any atom is -0.497 e. The van der Waals surface area contributed by atoms with Crippen molar-refractivity contribution in [3.8, 4) is 5.75 Å². The Kier molecular flexibility index (Phi) is 8.36. The molecular weight excluding hydrogens is 476 g/mol. The van der Waals surface area contributed by atoms with Crippen molar-refractivity contribution in [1.29, 1.82) is 0 Å². The van der Waals surface area contributed by atoms with Gasteiger partial charge in [0.05, 0.1) is 18.7 Å². The number of aliphatic imine (C=N–C) groups is 1. The van der Waals surface area contributed by atoms with Gasteiger partial charge in [0.15, 0.2) is 0 Å². The molecule has 2 fully saturated rings. The third-order valence-electron chi connectivity index (χ3n) is 7.72. The molecule has 0 radical (unpaired) electrons. The Balaban J connectivity index is 1.44. The quantitative estimate of drug-likeness (QED) is 0.226. The molecule has 2 aliphatic rings. The zero-order chi connectivity index (χ0) is 26.3. The van der Waals surface area contributed by atoms with E-state index in [0.29, 0.717) is 22.9 Å². The van der Waals surface area contributed by atoms with Gasteiger partial charge in [-0.15, -0.1) is 0 Å². The Morgan fingerprint density at radius 3 is 2.45 bits per heavy atom. The largest absolute Gasteiger partial charge is 0.497 e. The zero-order valence-corrected chi connectivity index (χ0v) is 22.2. The first-order chi connectivity index (χ1) is 18.6. The van der Waals surface area contributed by atoms with Crippen LogP contribution in [0.5, 0.6) is 5.75 Å². The van der Waals surface area contributed by atoms with Gasteiger partial charge in [0, 0.05) is 23.0 Å². The Morgan fingerprint density at radius 1 is 0.947 bits per heavy atom. The number of hydrogen-bond acceptors (Lipinski definition) is 6. The van der Waals surface area contributed by atoms with Gasteiger partial charge in [-0.25, -0.2) is 9.97 Å². The fourth-order valence-corrected chi connectivity index (χ4v) is 5.59. The van der Waals surface area contributed by atoms with Crippen LogP contribution in [0.1, 0.15) is 80.4 Å². The fraction of sp³-hybridized carbons (Fsp3) is 0.467. The van der Waals surface area contributed by atoms with Crippen LogP contribution in [0.15, 0.2) is 53.5 Å². The standard InChI is InChI=1S/C30H38N6O2/c1-38-22-17-18-24-23(19-22)28(36-29(34-24)30(37)32-21-13-7-2-3-8-14-21)35-26-16-10-9-15-25(26)33-27(31)20-11-5-4-6-12-20/h4-6,11-12,17-19,21,25-26H,2-3,7-10,13-16H2,1H3,(H2,31,33)(H,32,37)(H,34,35,36)/t25-,26+/m1/s1. The van der Waals surface area contributed by atoms with Gasteiger partial charge in [-0.05, 0) is 43.9 Å². The van der Waals surface area contributed by atoms with Gasteiger partial charge in [0.25, 0.3) is 5.91 Å². The first kappa shape index (κ1) is 25.9. The van der Waals surface area contributed by atoms with E-state index in [4.69, 9.17) is 20.4 Å². The molecule has 2 saturated carbocycles. The SMILES string of the molecule is COc1ccc2nc(C(=O)NC3CCCCCC3)nc(N[C@H]3CCCC[C@H]3N=C(N)c3ccccc3)c2c1. The second kappa shape index (κ2) is 12.2. The van der Waals surface area contributed by atoms with Crippen molar-refractivity contribution in [2.45, 2.75) is 82.3 Å². The number of amides is 1. The van der Waals surface area contributed by atoms with E-state index in [2.05, 4.69) is 15.6 Å². The minimum atomic E-state index is -0.218. The second-order valence-corrected chi connectivity index (χ2v) is 10.4. The van der Waals surface area contributed by atoms with Crippen molar-refractivity contribution in [1.82, 2.24) is 15.3 Å². The van der Waals surface area contributed by atoms with E-state index in [9.17, 15) is 4.79 Å². The predicted molar refractivity (Wildman–Crippen MR) is 152 cm³/mol. The number of ether oxygens (including phenoxy) is 1. The van der Waals surface area contributed by atoms with E-state index >= 15 is 0 Å². The van der Waals surface area contributed by atoms with E-state index in [1.165, 1.54) is 12.8 Å². The number of amidine groups is 1. The van der Waals surface area contributed by atoms with Crippen molar-refractivity contribution < 1.29 is 9.53 Å². The van der Waals surface area contributed by atoms with Crippen molar-refractivity contribution in [2.24, 2.45) is 10.7 Å². The third-order valence-corrected chi connectivity index (χ3v) is 7.72. The number of nitrogens with zero attached hydrogens (tertiary/aromatic N) is 3. The molecule has 1 aromatic heterocycles. The minimum absolute atomic E-state index is 0.00263. The molecule has 1 heterocycles. The summed E-state index contributed by atoms with van der Waals surface area (Å²) in [6.07, 6.45) is 10.8. The van der Waals surface area contributed by atoms with E-state index in [-0.39, 0.29) is 29.9 Å². The Hall–Kier alpha value is -3.68. The lowest BCUT2D eigenvalue weighted by Crippen LogP contribution is -2.38. The van der Waals surface area contributed by atoms with Crippen LogP contribution in [0, 0.1) is 0 Å². The predicted octanol–water partition coefficient (Wildman–Crippen LogP) is 5.22. The number of nitrogens with two attached hydrogens (primary N) is 1. The topological polar surface area (TPSA) is 115 Å². The molecule has 200 valence electrons. The molecule has 0 spiro atoms. The molecule has 4 N–H and O–H groups in total. The van der Waals surface area contributed by atoms with Crippen LogP contribution in [0.4, 0.5) is 5.82 Å². The average Bonchev–Trinajstić information content (AvgIpc) is 3.22. The molecule has 2 aliphatic carbocycles. The molecule has 2 aromatic carbocycles. The Labute approximate surface area is 224 Å². The number of aromatic nitrogens is 2. The van der Waals surface area contributed by atoms with Crippen LogP contribution in [0.3, 0.4) is 0 Å². The summed E-state index contributed by atoms with van der Waals surface area (Å²) in [5.41, 5.74) is 8.03. The number of anilines is 1. The third kappa shape index (κ3) is 6.23. The van der Waals surface area contributed by atoms with E-state index in [1.54, 1.807) is 7.11 Å². The maximum atomic E-state index is 13.3. The summed E-state index contributed by atoms with van der Waals surface area (Å²) < 4.78 is 5.48. The number of fused-ring (bicyclic) bond motifs is 1. The summed E-state index contributed by atoms with van der Waals surface area (Å²) in [7, 11) is 1.64. The maximum Gasteiger partial charge on any atom is 0.289 e. The number of rotatable bonds is 7. The second-order valence-electron chi connectivity index (χ2n) is 10.4. The Morgan fingerprint density at radius 2 is 1.68 bits per heavy atom. The Bertz CT molecular complexity index is 1270. The molecule has 0 bridgehead atoms. The molecular formula is C30H38N6O2. The molecule has 8 heteroatoms. The highest BCUT2D eigenvalue weighted by Gasteiger charge is 2.27. The smallest absolute Gasteiger partial charge is 0.289 e. The normalized spacial score (nSPS) is 21.0. The van der Waals surface area contributed by atoms with Crippen molar-refractivity contribution in [3.05, 3.63) is 59.9 Å². The first-order valence-electron chi connectivity index (χ1n) is 13.9. The van der Waals surface area contributed by atoms with E-state index in [1.807, 2.05) is 48.5 Å². The number of benzene rings is 2. The lowest BCUT2D eigenvalue weighted by molar-refractivity contribution is 0.0923. The molecule has 38 heavy (non-hydrogen) atoms. The number of carbonyl (C=O) groups excluding carboxylic acids is 1. The molecule has 8 nitrogen and oxygen atoms in total. The molecule has 5 rings (SSSR count). The summed E-state index contributed by atoms with van der Waals surface area (Å²) in [5.74, 6) is 1.86. The molecule has 0 unspecified atom stereocenters. The van der Waals surface area contributed by atoms with Gasteiger partial charge in [0.2, 0.25) is 5.82 Å². The van der Waals surface area contributed by atoms with E-state index in [0.717, 1.165) is 62.3 Å². The first-order valence-corrected chi connectivity index (χ1v) is 13.9. The van der Waals surface area contributed by atoms with Gasteiger partial charge < -0.3 is 21.1 Å². The molecule has 0 aliphatic heterocycles. The van der Waals surface area contributed by atoms with Gasteiger partial charge in [-0.1, -0.05) is 68.9 Å². The summed E-state index contributed by atoms with van der Waals surface area (Å²) in [6.45, 7) is 0. The number of methoxy groups -OCH3 is 1. The van der Waals surface area contributed by atoms with Crippen LogP contribution < -0.4 is 21.1 Å². The summed E-state index contributed by atoms with van der Waals surface area (Å²) in [4.78, 5) is 27.6. The van der Waals surface area contributed by atoms with Gasteiger partial charge >= 0.3 is 0 Å². The highest BCUT2D eigenvalue weighted by atomic mass is 16.5. The monoisotopic (exact) mass is 514 g/mol. The summed E-state index contributed by atoms with van der Waals surface area (Å²) in [6, 6.07) is 15.7. The molecule has 2 atom stereocenters. The van der Waals surface area contributed by atoms with Gasteiger partial charge in [-0.2, -0.15) is 0 Å². The van der Waals surface area contributed by atoms with Crippen LogP contribution in [-0.4, -0.2) is 46.9 Å². The van der Waals surface area contributed by atoms with Crippen LogP contribution in [-0.2, 0) is 0 Å². The van der Waals surface area contributed by atoms with Crippen LogP contribution in [0.25, 0.3) is 10.9 Å². The van der Waals surface area contributed by atoms with Crippen molar-refractivity contribution in [3.63, 3.8) is 0 Å². The highest BCUT2D eigenvalue weighted by molar-refractivity contribution is 5.98. The molecule has 0 saturated heterocycles. The van der Waals surface area contributed by atoms with E-state index < -0.39 is 0 Å². The lowest BCUT2D eigenvalue weighted by atomic mass is 9.90. The summed E-state index contributed by atoms with van der Waals surface area (Å²) >= 11 is 0. The molecule has 3 aromatic rings. The lowest BCUT2D eigenvalue weighted by Gasteiger charge is -2.30. The van der Waals surface area contributed by atoms with Crippen LogP contribution in [0.2, 0.25) is 0 Å². The fourth-order valence-electron chi connectivity index (χ4n) is 5.59. The van der Waals surface area contributed by atoms with Crippen molar-refractivity contribution >= 4 is 28.5 Å². The van der Waals surface area contributed by atoms with Crippen molar-refractivity contribution in [2.75, 3.05) is 12.4 Å². The number of hydrogen-bond donors (Lipinski definition) is 3. The van der Waals surface area contributed by atoms with Crippen LogP contribution >= 0.6 is 0 Å². The van der Waals surface area contributed by atoms with Gasteiger partial charge in [-0.3, -0.25) is 9.79 Å². The zero-order valence-electron chi connectivity index (χ0n) is 22.2. The highest BCUT2D eigenvalue weighted by Crippen LogP contribution is 2.30.